The van der Waals surface area contributed by atoms with Crippen LogP contribution in [0.3, 0.4) is 0 Å². The van der Waals surface area contributed by atoms with Gasteiger partial charge in [-0.15, -0.1) is 10.2 Å². The van der Waals surface area contributed by atoms with Crippen molar-refractivity contribution in [3.63, 3.8) is 0 Å². The predicted molar refractivity (Wildman–Crippen MR) is 86.3 cm³/mol. The van der Waals surface area contributed by atoms with Gasteiger partial charge in [-0.25, -0.2) is 0 Å². The van der Waals surface area contributed by atoms with Crippen LogP contribution in [-0.4, -0.2) is 34.1 Å². The largest absolute Gasteiger partial charge is 0.470 e. The number of halogens is 5. The zero-order valence-electron chi connectivity index (χ0n) is 12.7. The number of amides is 1. The van der Waals surface area contributed by atoms with Crippen molar-refractivity contribution in [1.29, 1.82) is 0 Å². The molecule has 1 fully saturated rings. The molecule has 3 rings (SSSR count). The SMILES string of the molecule is O=C(c1cc(Br)ccc1Cl)N1CCC(c2nnc(C(F)(F)F)o2)CC1. The summed E-state index contributed by atoms with van der Waals surface area (Å²) in [5, 5.41) is 6.88. The molecule has 1 amide bonds. The van der Waals surface area contributed by atoms with Gasteiger partial charge >= 0.3 is 12.1 Å². The van der Waals surface area contributed by atoms with Crippen LogP contribution in [0.2, 0.25) is 5.02 Å². The smallest absolute Gasteiger partial charge is 0.417 e. The van der Waals surface area contributed by atoms with Crippen LogP contribution in [0.1, 0.15) is 40.9 Å². The van der Waals surface area contributed by atoms with E-state index in [9.17, 15) is 18.0 Å². The van der Waals surface area contributed by atoms with E-state index >= 15 is 0 Å². The fraction of sp³-hybridized carbons (Fsp3) is 0.400. The average molecular weight is 439 g/mol. The van der Waals surface area contributed by atoms with E-state index in [-0.39, 0.29) is 17.7 Å². The summed E-state index contributed by atoms with van der Waals surface area (Å²) in [4.78, 5) is 14.2. The topological polar surface area (TPSA) is 59.2 Å². The number of hydrogen-bond acceptors (Lipinski definition) is 4. The second-order valence-corrected chi connectivity index (χ2v) is 6.96. The summed E-state index contributed by atoms with van der Waals surface area (Å²) in [6.07, 6.45) is -3.77. The van der Waals surface area contributed by atoms with E-state index in [0.29, 0.717) is 36.5 Å². The molecule has 0 N–H and O–H groups in total. The normalized spacial score (nSPS) is 16.3. The Kier molecular flexibility index (Phi) is 5.06. The van der Waals surface area contributed by atoms with E-state index in [1.54, 1.807) is 23.1 Å². The van der Waals surface area contributed by atoms with Crippen molar-refractivity contribution in [3.05, 3.63) is 45.0 Å². The molecule has 1 aliphatic heterocycles. The van der Waals surface area contributed by atoms with Crippen molar-refractivity contribution in [1.82, 2.24) is 15.1 Å². The number of benzene rings is 1. The fourth-order valence-electron chi connectivity index (χ4n) is 2.68. The van der Waals surface area contributed by atoms with E-state index in [1.165, 1.54) is 0 Å². The third kappa shape index (κ3) is 3.98. The summed E-state index contributed by atoms with van der Waals surface area (Å²) >= 11 is 9.37. The highest BCUT2D eigenvalue weighted by Gasteiger charge is 2.39. The van der Waals surface area contributed by atoms with Crippen LogP contribution in [-0.2, 0) is 6.18 Å². The Morgan fingerprint density at radius 3 is 2.56 bits per heavy atom. The summed E-state index contributed by atoms with van der Waals surface area (Å²) in [6.45, 7) is 0.742. The minimum Gasteiger partial charge on any atom is -0.417 e. The van der Waals surface area contributed by atoms with Gasteiger partial charge in [0.1, 0.15) is 0 Å². The first-order chi connectivity index (χ1) is 11.8. The van der Waals surface area contributed by atoms with Gasteiger partial charge in [0.25, 0.3) is 5.91 Å². The van der Waals surface area contributed by atoms with E-state index in [2.05, 4.69) is 26.1 Å². The van der Waals surface area contributed by atoms with Gasteiger partial charge in [-0.05, 0) is 31.0 Å². The maximum atomic E-state index is 12.6. The van der Waals surface area contributed by atoms with Gasteiger partial charge in [0.15, 0.2) is 0 Å². The monoisotopic (exact) mass is 437 g/mol. The van der Waals surface area contributed by atoms with Crippen LogP contribution >= 0.6 is 27.5 Å². The Balaban J connectivity index is 1.66. The third-order valence-electron chi connectivity index (χ3n) is 3.97. The second-order valence-electron chi connectivity index (χ2n) is 5.63. The zero-order valence-corrected chi connectivity index (χ0v) is 15.0. The first-order valence-corrected chi connectivity index (χ1v) is 8.57. The summed E-state index contributed by atoms with van der Waals surface area (Å²) in [5.74, 6) is -1.90. The van der Waals surface area contributed by atoms with Crippen LogP contribution < -0.4 is 0 Å². The molecule has 0 saturated carbocycles. The summed E-state index contributed by atoms with van der Waals surface area (Å²) < 4.78 is 43.0. The molecule has 0 spiro atoms. The lowest BCUT2D eigenvalue weighted by Crippen LogP contribution is -2.38. The number of alkyl halides is 3. The molecule has 1 aromatic heterocycles. The number of carbonyl (C=O) groups is 1. The van der Waals surface area contributed by atoms with Crippen molar-refractivity contribution >= 4 is 33.4 Å². The Labute approximate surface area is 154 Å². The molecule has 1 aliphatic rings. The Morgan fingerprint density at radius 1 is 1.28 bits per heavy atom. The molecular formula is C15H12BrClF3N3O2. The Hall–Kier alpha value is -1.61. The highest BCUT2D eigenvalue weighted by molar-refractivity contribution is 9.10. The molecule has 134 valence electrons. The highest BCUT2D eigenvalue weighted by Crippen LogP contribution is 2.33. The van der Waals surface area contributed by atoms with E-state index in [0.717, 1.165) is 4.47 Å². The Morgan fingerprint density at radius 2 is 1.96 bits per heavy atom. The van der Waals surface area contributed by atoms with Crippen molar-refractivity contribution in [2.24, 2.45) is 0 Å². The van der Waals surface area contributed by atoms with Gasteiger partial charge in [0.2, 0.25) is 5.89 Å². The lowest BCUT2D eigenvalue weighted by atomic mass is 9.96. The average Bonchev–Trinajstić information content (AvgIpc) is 3.07. The number of rotatable bonds is 2. The maximum Gasteiger partial charge on any atom is 0.470 e. The molecule has 1 saturated heterocycles. The van der Waals surface area contributed by atoms with Crippen LogP contribution in [0.5, 0.6) is 0 Å². The van der Waals surface area contributed by atoms with Crippen LogP contribution in [0.15, 0.2) is 27.1 Å². The number of nitrogens with zero attached hydrogens (tertiary/aromatic N) is 3. The summed E-state index contributed by atoms with van der Waals surface area (Å²) in [7, 11) is 0. The number of piperidine rings is 1. The quantitative estimate of drug-likeness (QED) is 0.691. The van der Waals surface area contributed by atoms with Gasteiger partial charge in [-0.2, -0.15) is 13.2 Å². The van der Waals surface area contributed by atoms with Crippen molar-refractivity contribution in [2.45, 2.75) is 24.9 Å². The van der Waals surface area contributed by atoms with E-state index in [1.807, 2.05) is 0 Å². The van der Waals surface area contributed by atoms with E-state index in [4.69, 9.17) is 16.0 Å². The molecule has 25 heavy (non-hydrogen) atoms. The minimum atomic E-state index is -4.65. The zero-order chi connectivity index (χ0) is 18.2. The number of aromatic nitrogens is 2. The fourth-order valence-corrected chi connectivity index (χ4v) is 3.23. The maximum absolute atomic E-state index is 12.6. The molecule has 2 aromatic rings. The van der Waals surface area contributed by atoms with Crippen LogP contribution in [0.25, 0.3) is 0 Å². The minimum absolute atomic E-state index is 0.0417. The van der Waals surface area contributed by atoms with Crippen molar-refractivity contribution in [3.8, 4) is 0 Å². The molecule has 1 aromatic carbocycles. The Bertz CT molecular complexity index is 789. The molecule has 0 atom stereocenters. The number of carbonyl (C=O) groups excluding carboxylic acids is 1. The molecule has 0 unspecified atom stereocenters. The van der Waals surface area contributed by atoms with E-state index < -0.39 is 12.1 Å². The van der Waals surface area contributed by atoms with Crippen LogP contribution in [0.4, 0.5) is 13.2 Å². The number of hydrogen-bond donors (Lipinski definition) is 0. The molecule has 10 heteroatoms. The van der Waals surface area contributed by atoms with Crippen molar-refractivity contribution in [2.75, 3.05) is 13.1 Å². The molecular weight excluding hydrogens is 427 g/mol. The second kappa shape index (κ2) is 6.95. The van der Waals surface area contributed by atoms with Gasteiger partial charge in [-0.1, -0.05) is 27.5 Å². The van der Waals surface area contributed by atoms with Gasteiger partial charge in [0, 0.05) is 23.5 Å². The molecule has 2 heterocycles. The van der Waals surface area contributed by atoms with Crippen LogP contribution in [0, 0.1) is 0 Å². The van der Waals surface area contributed by atoms with Crippen molar-refractivity contribution < 1.29 is 22.4 Å². The molecule has 0 bridgehead atoms. The predicted octanol–water partition coefficient (Wildman–Crippen LogP) is 4.52. The lowest BCUT2D eigenvalue weighted by Gasteiger charge is -2.30. The molecule has 5 nitrogen and oxygen atoms in total. The first kappa shape index (κ1) is 18.2. The lowest BCUT2D eigenvalue weighted by molar-refractivity contribution is -0.157. The van der Waals surface area contributed by atoms with Gasteiger partial charge < -0.3 is 9.32 Å². The third-order valence-corrected chi connectivity index (χ3v) is 4.80. The number of likely N-dealkylation sites (tertiary alicyclic amines) is 1. The summed E-state index contributed by atoms with van der Waals surface area (Å²) in [5.41, 5.74) is 0.381. The van der Waals surface area contributed by atoms with Gasteiger partial charge in [-0.3, -0.25) is 4.79 Å². The first-order valence-electron chi connectivity index (χ1n) is 7.40. The summed E-state index contributed by atoms with van der Waals surface area (Å²) in [6, 6.07) is 5.01. The molecule has 0 aliphatic carbocycles. The standard InChI is InChI=1S/C15H12BrClF3N3O2/c16-9-1-2-11(17)10(7-9)13(24)23-5-3-8(4-6-23)12-21-22-14(25-12)15(18,19)20/h1-2,7-8H,3-6H2. The molecule has 0 radical (unpaired) electrons. The van der Waals surface area contributed by atoms with Gasteiger partial charge in [0.05, 0.1) is 10.6 Å². The highest BCUT2D eigenvalue weighted by atomic mass is 79.9.